The number of fused-ring (bicyclic) bond motifs is 1. The zero-order valence-corrected chi connectivity index (χ0v) is 21.9. The molecule has 4 nitrogen and oxygen atoms in total. The Morgan fingerprint density at radius 3 is 2.41 bits per heavy atom. The monoisotopic (exact) mass is 519 g/mol. The molecule has 0 aliphatic heterocycles. The van der Waals surface area contributed by atoms with Crippen LogP contribution in [-0.4, -0.2) is 23.1 Å². The van der Waals surface area contributed by atoms with Gasteiger partial charge in [0.1, 0.15) is 18.2 Å². The minimum Gasteiger partial charge on any atom is -0.486 e. The van der Waals surface area contributed by atoms with Gasteiger partial charge in [-0.3, -0.25) is 0 Å². The van der Waals surface area contributed by atoms with Crippen LogP contribution in [-0.2, 0) is 19.6 Å². The Balaban J connectivity index is 0.00000204. The summed E-state index contributed by atoms with van der Waals surface area (Å²) in [7, 11) is 2.03. The Kier molecular flexibility index (Phi) is 11.2. The van der Waals surface area contributed by atoms with E-state index in [-0.39, 0.29) is 24.8 Å². The van der Waals surface area contributed by atoms with E-state index in [1.165, 1.54) is 16.6 Å². The van der Waals surface area contributed by atoms with Gasteiger partial charge in [0, 0.05) is 11.6 Å². The Morgan fingerprint density at radius 1 is 0.971 bits per heavy atom. The van der Waals surface area contributed by atoms with Crippen molar-refractivity contribution in [3.05, 3.63) is 94.8 Å². The van der Waals surface area contributed by atoms with Crippen molar-refractivity contribution in [1.82, 2.24) is 14.9 Å². The van der Waals surface area contributed by atoms with Crippen LogP contribution in [0.4, 0.5) is 0 Å². The molecule has 0 saturated heterocycles. The summed E-state index contributed by atoms with van der Waals surface area (Å²) in [5, 5.41) is 4.07. The smallest absolute Gasteiger partial charge is 0.148 e. The molecular weight excluding hydrogens is 489 g/mol. The Morgan fingerprint density at radius 2 is 1.71 bits per heavy atom. The van der Waals surface area contributed by atoms with Gasteiger partial charge in [-0.15, -0.1) is 24.8 Å². The van der Waals surface area contributed by atoms with Gasteiger partial charge < -0.3 is 14.6 Å². The first-order valence-corrected chi connectivity index (χ1v) is 11.5. The van der Waals surface area contributed by atoms with E-state index in [0.717, 1.165) is 43.0 Å². The molecule has 0 bridgehead atoms. The molecule has 4 aromatic rings. The summed E-state index contributed by atoms with van der Waals surface area (Å²) in [6.07, 6.45) is 2.12. The lowest BCUT2D eigenvalue weighted by molar-refractivity contribution is 0.287. The van der Waals surface area contributed by atoms with Gasteiger partial charge in [-0.05, 0) is 80.7 Å². The lowest BCUT2D eigenvalue weighted by Gasteiger charge is -2.18. The van der Waals surface area contributed by atoms with Gasteiger partial charge in [0.15, 0.2) is 0 Å². The highest BCUT2D eigenvalue weighted by Gasteiger charge is 2.16. The van der Waals surface area contributed by atoms with Crippen LogP contribution in [0, 0.1) is 12.8 Å². The Labute approximate surface area is 219 Å². The molecule has 3 aromatic carbocycles. The first-order chi connectivity index (χ1) is 15.6. The largest absolute Gasteiger partial charge is 0.486 e. The molecule has 0 aliphatic carbocycles. The molecular formula is C27H32Cl3N3O. The van der Waals surface area contributed by atoms with Crippen LogP contribution in [0.5, 0.6) is 5.75 Å². The van der Waals surface area contributed by atoms with E-state index in [1.807, 2.05) is 31.3 Å². The van der Waals surface area contributed by atoms with Gasteiger partial charge in [-0.25, -0.2) is 4.98 Å². The Bertz CT molecular complexity index is 1150. The maximum atomic E-state index is 6.05. The summed E-state index contributed by atoms with van der Waals surface area (Å²) in [4.78, 5) is 4.95. The summed E-state index contributed by atoms with van der Waals surface area (Å²) in [6.45, 7) is 4.42. The molecule has 0 saturated carbocycles. The molecule has 1 unspecified atom stereocenters. The van der Waals surface area contributed by atoms with Crippen LogP contribution in [0.2, 0.25) is 5.02 Å². The summed E-state index contributed by atoms with van der Waals surface area (Å²) in [5.74, 6) is 2.28. The van der Waals surface area contributed by atoms with Crippen LogP contribution in [0.15, 0.2) is 72.8 Å². The predicted molar refractivity (Wildman–Crippen MR) is 147 cm³/mol. The van der Waals surface area contributed by atoms with Crippen molar-refractivity contribution in [2.75, 3.05) is 13.6 Å². The topological polar surface area (TPSA) is 39.1 Å². The first kappa shape index (κ1) is 28.0. The molecule has 0 amide bonds. The van der Waals surface area contributed by atoms with Gasteiger partial charge in [-0.1, -0.05) is 54.1 Å². The van der Waals surface area contributed by atoms with Gasteiger partial charge in [-0.2, -0.15) is 0 Å². The number of ether oxygens (including phenoxy) is 1. The second-order valence-corrected chi connectivity index (χ2v) is 8.70. The third-order valence-corrected chi connectivity index (χ3v) is 6.11. The maximum absolute atomic E-state index is 6.05. The fourth-order valence-electron chi connectivity index (χ4n) is 4.20. The van der Waals surface area contributed by atoms with Crippen molar-refractivity contribution in [1.29, 1.82) is 0 Å². The lowest BCUT2D eigenvalue weighted by Crippen LogP contribution is -2.22. The molecule has 4 rings (SSSR count). The van der Waals surface area contributed by atoms with Gasteiger partial charge >= 0.3 is 0 Å². The van der Waals surface area contributed by atoms with Crippen molar-refractivity contribution < 1.29 is 4.74 Å². The molecule has 1 heterocycles. The number of nitrogens with zero attached hydrogens (tertiary/aromatic N) is 2. The minimum atomic E-state index is 0. The molecule has 0 fully saturated rings. The van der Waals surface area contributed by atoms with Crippen LogP contribution in [0.1, 0.15) is 23.4 Å². The predicted octanol–water partition coefficient (Wildman–Crippen LogP) is 6.89. The van der Waals surface area contributed by atoms with E-state index in [4.69, 9.17) is 21.3 Å². The fourth-order valence-corrected chi connectivity index (χ4v) is 4.32. The second-order valence-electron chi connectivity index (χ2n) is 8.27. The van der Waals surface area contributed by atoms with E-state index >= 15 is 0 Å². The van der Waals surface area contributed by atoms with E-state index < -0.39 is 0 Å². The highest BCUT2D eigenvalue weighted by Crippen LogP contribution is 2.24. The highest BCUT2D eigenvalue weighted by atomic mass is 35.5. The standard InChI is InChI=1S/C27H30ClN3O.2ClH/c1-20-7-6-10-25-27(20)30-26(19-32-24-13-11-23(28)12-14-24)31(25)16-15-22(18-29-2)17-21-8-4-3-5-9-21;;/h3-14,22,29H,15-19H2,1-2H3;2*1H. The number of aromatic nitrogens is 2. The van der Waals surface area contributed by atoms with E-state index in [2.05, 4.69) is 65.3 Å². The summed E-state index contributed by atoms with van der Waals surface area (Å²) >= 11 is 6.00. The average Bonchev–Trinajstić information content (AvgIpc) is 3.17. The summed E-state index contributed by atoms with van der Waals surface area (Å²) in [5.41, 5.74) is 4.79. The first-order valence-electron chi connectivity index (χ1n) is 11.2. The van der Waals surface area contributed by atoms with Crippen LogP contribution < -0.4 is 10.1 Å². The quantitative estimate of drug-likeness (QED) is 0.247. The second kappa shape index (κ2) is 13.6. The SMILES string of the molecule is CNCC(CCn1c(COc2ccc(Cl)cc2)nc2c(C)cccc21)Cc1ccccc1.Cl.Cl. The minimum absolute atomic E-state index is 0. The number of imidazole rings is 1. The average molecular weight is 521 g/mol. The third-order valence-electron chi connectivity index (χ3n) is 5.86. The molecule has 0 aliphatic rings. The van der Waals surface area contributed by atoms with Gasteiger partial charge in [0.05, 0.1) is 11.0 Å². The number of aryl methyl sites for hydroxylation is 2. The van der Waals surface area contributed by atoms with Crippen LogP contribution >= 0.6 is 36.4 Å². The zero-order valence-electron chi connectivity index (χ0n) is 19.5. The van der Waals surface area contributed by atoms with Crippen molar-refractivity contribution in [2.45, 2.75) is 32.9 Å². The number of hydrogen-bond acceptors (Lipinski definition) is 3. The van der Waals surface area contributed by atoms with Crippen LogP contribution in [0.3, 0.4) is 0 Å². The third kappa shape index (κ3) is 7.13. The van der Waals surface area contributed by atoms with E-state index in [0.29, 0.717) is 17.5 Å². The van der Waals surface area contributed by atoms with Crippen molar-refractivity contribution in [3.8, 4) is 5.75 Å². The zero-order chi connectivity index (χ0) is 22.3. The summed E-state index contributed by atoms with van der Waals surface area (Å²) in [6, 6.07) is 24.6. The number of nitrogens with one attached hydrogen (secondary N) is 1. The van der Waals surface area contributed by atoms with Gasteiger partial charge in [0.25, 0.3) is 0 Å². The molecule has 1 atom stereocenters. The highest BCUT2D eigenvalue weighted by molar-refractivity contribution is 6.30. The maximum Gasteiger partial charge on any atom is 0.148 e. The number of rotatable bonds is 10. The molecule has 0 spiro atoms. The molecule has 1 N–H and O–H groups in total. The van der Waals surface area contributed by atoms with Gasteiger partial charge in [0.2, 0.25) is 0 Å². The fraction of sp³-hybridized carbons (Fsp3) is 0.296. The molecule has 7 heteroatoms. The van der Waals surface area contributed by atoms with Crippen molar-refractivity contribution in [2.24, 2.45) is 5.92 Å². The number of benzene rings is 3. The molecule has 34 heavy (non-hydrogen) atoms. The summed E-state index contributed by atoms with van der Waals surface area (Å²) < 4.78 is 8.38. The van der Waals surface area contributed by atoms with Crippen molar-refractivity contribution >= 4 is 47.4 Å². The van der Waals surface area contributed by atoms with E-state index in [9.17, 15) is 0 Å². The lowest BCUT2D eigenvalue weighted by atomic mass is 9.96. The Hall–Kier alpha value is -2.24. The number of para-hydroxylation sites is 1. The molecule has 1 aromatic heterocycles. The van der Waals surface area contributed by atoms with E-state index in [1.54, 1.807) is 0 Å². The van der Waals surface area contributed by atoms with Crippen molar-refractivity contribution in [3.63, 3.8) is 0 Å². The number of hydrogen-bond donors (Lipinski definition) is 1. The normalized spacial score (nSPS) is 11.5. The molecule has 0 radical (unpaired) electrons. The number of halogens is 3. The molecule has 182 valence electrons. The van der Waals surface area contributed by atoms with Crippen LogP contribution in [0.25, 0.3) is 11.0 Å².